The summed E-state index contributed by atoms with van der Waals surface area (Å²) in [5, 5.41) is 17.2. The number of aromatic nitrogens is 2. The van der Waals surface area contributed by atoms with Crippen LogP contribution in [0.1, 0.15) is 0 Å². The van der Waals surface area contributed by atoms with E-state index in [-0.39, 0.29) is 5.69 Å². The molecule has 1 aromatic heterocycles. The van der Waals surface area contributed by atoms with Gasteiger partial charge in [-0.1, -0.05) is 11.6 Å². The van der Waals surface area contributed by atoms with Crippen LogP contribution in [-0.2, 0) is 0 Å². The first-order valence-corrected chi connectivity index (χ1v) is 5.17. The monoisotopic (exact) mass is 266 g/mol. The van der Waals surface area contributed by atoms with Crippen molar-refractivity contribution in [1.82, 2.24) is 9.97 Å². The summed E-state index contributed by atoms with van der Waals surface area (Å²) >= 11 is 5.69. The zero-order valence-corrected chi connectivity index (χ0v) is 9.60. The largest absolute Gasteiger partial charge is 0.493 e. The van der Waals surface area contributed by atoms with Crippen LogP contribution in [0.15, 0.2) is 44.1 Å². The van der Waals surface area contributed by atoms with E-state index in [0.717, 1.165) is 0 Å². The molecule has 0 saturated carbocycles. The normalized spacial score (nSPS) is 10.9. The zero-order chi connectivity index (χ0) is 13.1. The molecule has 0 unspecified atom stereocenters. The molecular weight excluding hydrogens is 260 g/mol. The van der Waals surface area contributed by atoms with E-state index in [4.69, 9.17) is 11.6 Å². The lowest BCUT2D eigenvalue weighted by atomic mass is 10.3. The highest BCUT2D eigenvalue weighted by molar-refractivity contribution is 6.30. The summed E-state index contributed by atoms with van der Waals surface area (Å²) in [6.07, 6.45) is 0. The van der Waals surface area contributed by atoms with Crippen molar-refractivity contribution in [1.29, 1.82) is 0 Å². The smallest absolute Gasteiger partial charge is 0.328 e. The number of hydrogen-bond donors (Lipinski definition) is 3. The van der Waals surface area contributed by atoms with Crippen molar-refractivity contribution in [3.8, 4) is 5.88 Å². The van der Waals surface area contributed by atoms with Gasteiger partial charge < -0.3 is 5.11 Å². The Hall–Kier alpha value is -2.41. The third-order valence-corrected chi connectivity index (χ3v) is 2.24. The van der Waals surface area contributed by atoms with Crippen molar-refractivity contribution >= 4 is 23.0 Å². The summed E-state index contributed by atoms with van der Waals surface area (Å²) in [4.78, 5) is 26.1. The topological polar surface area (TPSA) is 111 Å². The van der Waals surface area contributed by atoms with Gasteiger partial charge in [0.05, 0.1) is 5.69 Å². The van der Waals surface area contributed by atoms with Gasteiger partial charge in [0.1, 0.15) is 0 Å². The fourth-order valence-corrected chi connectivity index (χ4v) is 1.30. The lowest BCUT2D eigenvalue weighted by molar-refractivity contribution is 0.450. The van der Waals surface area contributed by atoms with Crippen LogP contribution in [0.3, 0.4) is 0 Å². The third kappa shape index (κ3) is 2.64. The Kier molecular flexibility index (Phi) is 3.24. The molecule has 0 amide bonds. The minimum absolute atomic E-state index is 0.371. The van der Waals surface area contributed by atoms with Crippen LogP contribution in [-0.4, -0.2) is 15.1 Å². The summed E-state index contributed by atoms with van der Waals surface area (Å²) in [5.74, 6) is -0.638. The maximum absolute atomic E-state index is 11.3. The molecule has 0 saturated heterocycles. The van der Waals surface area contributed by atoms with E-state index in [1.165, 1.54) is 0 Å². The lowest BCUT2D eigenvalue weighted by Crippen LogP contribution is -2.20. The van der Waals surface area contributed by atoms with Gasteiger partial charge in [-0.25, -0.2) is 4.79 Å². The summed E-state index contributed by atoms with van der Waals surface area (Å²) in [6.45, 7) is 0. The van der Waals surface area contributed by atoms with Crippen LogP contribution in [0, 0.1) is 0 Å². The van der Waals surface area contributed by atoms with Crippen LogP contribution in [0.5, 0.6) is 5.88 Å². The van der Waals surface area contributed by atoms with Gasteiger partial charge in [0.25, 0.3) is 5.56 Å². The Labute approximate surface area is 105 Å². The number of hydrogen-bond acceptors (Lipinski definition) is 5. The van der Waals surface area contributed by atoms with Crippen molar-refractivity contribution in [2.24, 2.45) is 10.2 Å². The molecule has 1 aromatic carbocycles. The van der Waals surface area contributed by atoms with E-state index in [0.29, 0.717) is 10.7 Å². The molecule has 0 spiro atoms. The molecule has 3 N–H and O–H groups in total. The van der Waals surface area contributed by atoms with Gasteiger partial charge in [-0.15, -0.1) is 5.11 Å². The minimum Gasteiger partial charge on any atom is -0.493 e. The molecule has 1 heterocycles. The highest BCUT2D eigenvalue weighted by atomic mass is 35.5. The van der Waals surface area contributed by atoms with Crippen molar-refractivity contribution in [3.05, 3.63) is 50.1 Å². The van der Waals surface area contributed by atoms with Crippen LogP contribution in [0.4, 0.5) is 11.4 Å². The van der Waals surface area contributed by atoms with E-state index < -0.39 is 17.1 Å². The predicted molar refractivity (Wildman–Crippen MR) is 65.0 cm³/mol. The molecule has 0 radical (unpaired) electrons. The highest BCUT2D eigenvalue weighted by Crippen LogP contribution is 2.21. The zero-order valence-electron chi connectivity index (χ0n) is 8.85. The minimum atomic E-state index is -0.825. The fourth-order valence-electron chi connectivity index (χ4n) is 1.18. The molecular formula is C10H7ClN4O3. The van der Waals surface area contributed by atoms with Crippen molar-refractivity contribution in [2.75, 3.05) is 0 Å². The summed E-state index contributed by atoms with van der Waals surface area (Å²) in [6, 6.07) is 6.38. The van der Waals surface area contributed by atoms with E-state index >= 15 is 0 Å². The molecule has 7 nitrogen and oxygen atoms in total. The molecule has 0 bridgehead atoms. The average molecular weight is 267 g/mol. The number of H-pyrrole nitrogens is 2. The second-order valence-electron chi connectivity index (χ2n) is 3.28. The van der Waals surface area contributed by atoms with Gasteiger partial charge in [-0.2, -0.15) is 5.11 Å². The summed E-state index contributed by atoms with van der Waals surface area (Å²) in [5.41, 5.74) is -1.56. The third-order valence-electron chi connectivity index (χ3n) is 1.99. The first-order chi connectivity index (χ1) is 8.56. The maximum atomic E-state index is 11.3. The molecule has 92 valence electrons. The van der Waals surface area contributed by atoms with E-state index in [2.05, 4.69) is 10.2 Å². The molecule has 0 atom stereocenters. The average Bonchev–Trinajstić information content (AvgIpc) is 2.30. The number of aromatic hydroxyl groups is 1. The van der Waals surface area contributed by atoms with Crippen LogP contribution >= 0.6 is 11.6 Å². The van der Waals surface area contributed by atoms with Gasteiger partial charge in [0, 0.05) is 5.02 Å². The first kappa shape index (κ1) is 12.1. The first-order valence-electron chi connectivity index (χ1n) is 4.79. The van der Waals surface area contributed by atoms with Gasteiger partial charge in [-0.3, -0.25) is 14.8 Å². The molecule has 2 rings (SSSR count). The number of benzene rings is 1. The predicted octanol–water partition coefficient (Wildman–Crippen LogP) is 1.84. The SMILES string of the molecule is O=c1[nH]c(O)c(N=Nc2ccc(Cl)cc2)c(=O)[nH]1. The summed E-state index contributed by atoms with van der Waals surface area (Å²) in [7, 11) is 0. The molecule has 8 heteroatoms. The number of nitrogens with zero attached hydrogens (tertiary/aromatic N) is 2. The molecule has 18 heavy (non-hydrogen) atoms. The van der Waals surface area contributed by atoms with E-state index in [1.807, 2.05) is 9.97 Å². The maximum Gasteiger partial charge on any atom is 0.328 e. The van der Waals surface area contributed by atoms with Crippen molar-refractivity contribution in [2.45, 2.75) is 0 Å². The number of aromatic amines is 2. The highest BCUT2D eigenvalue weighted by Gasteiger charge is 2.06. The molecule has 0 fully saturated rings. The van der Waals surface area contributed by atoms with Crippen LogP contribution in [0.25, 0.3) is 0 Å². The quantitative estimate of drug-likeness (QED) is 0.721. The van der Waals surface area contributed by atoms with E-state index in [9.17, 15) is 14.7 Å². The Balaban J connectivity index is 2.38. The summed E-state index contributed by atoms with van der Waals surface area (Å²) < 4.78 is 0. The van der Waals surface area contributed by atoms with Gasteiger partial charge >= 0.3 is 5.69 Å². The second kappa shape index (κ2) is 4.84. The van der Waals surface area contributed by atoms with Crippen LogP contribution in [0.2, 0.25) is 5.02 Å². The van der Waals surface area contributed by atoms with Crippen molar-refractivity contribution < 1.29 is 5.11 Å². The Morgan fingerprint density at radius 2 is 1.72 bits per heavy atom. The van der Waals surface area contributed by atoms with Crippen LogP contribution < -0.4 is 11.2 Å². The van der Waals surface area contributed by atoms with Gasteiger partial charge in [0.15, 0.2) is 0 Å². The molecule has 0 aliphatic heterocycles. The number of rotatable bonds is 2. The Morgan fingerprint density at radius 1 is 1.06 bits per heavy atom. The molecule has 0 aliphatic carbocycles. The Morgan fingerprint density at radius 3 is 2.33 bits per heavy atom. The Bertz CT molecular complexity index is 702. The standard InChI is InChI=1S/C10H7ClN4O3/c11-5-1-3-6(4-2-5)14-15-7-8(16)12-10(18)13-9(7)17/h1-4H,(H3,12,13,16,17,18). The van der Waals surface area contributed by atoms with E-state index in [1.54, 1.807) is 24.3 Å². The number of azo groups is 1. The number of nitrogens with one attached hydrogen (secondary N) is 2. The van der Waals surface area contributed by atoms with Gasteiger partial charge in [0.2, 0.25) is 11.6 Å². The molecule has 2 aromatic rings. The lowest BCUT2D eigenvalue weighted by Gasteiger charge is -1.95. The second-order valence-corrected chi connectivity index (χ2v) is 3.72. The van der Waals surface area contributed by atoms with Gasteiger partial charge in [-0.05, 0) is 24.3 Å². The van der Waals surface area contributed by atoms with Crippen molar-refractivity contribution in [3.63, 3.8) is 0 Å². The molecule has 0 aliphatic rings. The fraction of sp³-hybridized carbons (Fsp3) is 0. The number of halogens is 1.